The van der Waals surface area contributed by atoms with Gasteiger partial charge in [0.25, 0.3) is 6.47 Å². The molecule has 1 aromatic carbocycles. The van der Waals surface area contributed by atoms with Gasteiger partial charge in [0.05, 0.1) is 12.2 Å². The Morgan fingerprint density at radius 2 is 1.86 bits per heavy atom. The molecule has 0 saturated carbocycles. The monoisotopic (exact) mass is 307 g/mol. The second-order valence-electron chi connectivity index (χ2n) is 6.02. The first-order valence-corrected chi connectivity index (χ1v) is 7.46. The number of carbonyl (C=O) groups is 2. The Morgan fingerprint density at radius 1 is 1.27 bits per heavy atom. The van der Waals surface area contributed by atoms with Crippen LogP contribution in [0.3, 0.4) is 0 Å². The van der Waals surface area contributed by atoms with Crippen molar-refractivity contribution >= 4 is 12.4 Å². The summed E-state index contributed by atoms with van der Waals surface area (Å²) in [6.45, 7) is 10.2. The highest BCUT2D eigenvalue weighted by molar-refractivity contribution is 5.89. The lowest BCUT2D eigenvalue weighted by atomic mass is 9.93. The van der Waals surface area contributed by atoms with E-state index in [1.165, 1.54) is 5.56 Å². The minimum absolute atomic E-state index is 0.240. The van der Waals surface area contributed by atoms with E-state index in [0.717, 1.165) is 13.1 Å². The van der Waals surface area contributed by atoms with Crippen LogP contribution in [0.4, 0.5) is 0 Å². The molecule has 0 bridgehead atoms. The average Bonchev–Trinajstić information content (AvgIpc) is 2.37. The van der Waals surface area contributed by atoms with E-state index in [1.807, 2.05) is 52.0 Å². The molecule has 122 valence electrons. The maximum atomic E-state index is 11.4. The van der Waals surface area contributed by atoms with Crippen LogP contribution in [0.15, 0.2) is 24.3 Å². The van der Waals surface area contributed by atoms with E-state index < -0.39 is 0 Å². The van der Waals surface area contributed by atoms with Gasteiger partial charge in [0.1, 0.15) is 5.60 Å². The van der Waals surface area contributed by atoms with Crippen molar-refractivity contribution in [3.63, 3.8) is 0 Å². The standard InChI is InChI=1S/C12H15NO2.C5H10O2/c1-2-15-12(14)10-5-3-9(4-6-10)11-7-13-8-11;1-5(2,3)7-4-6/h3-6,11,13H,2,7-8H2,1H3;4H,1-3H3. The molecule has 0 aliphatic carbocycles. The van der Waals surface area contributed by atoms with Gasteiger partial charge < -0.3 is 14.8 Å². The average molecular weight is 307 g/mol. The predicted molar refractivity (Wildman–Crippen MR) is 84.9 cm³/mol. The van der Waals surface area contributed by atoms with Gasteiger partial charge >= 0.3 is 5.97 Å². The molecule has 0 spiro atoms. The highest BCUT2D eigenvalue weighted by Crippen LogP contribution is 2.20. The molecule has 22 heavy (non-hydrogen) atoms. The summed E-state index contributed by atoms with van der Waals surface area (Å²) in [5.74, 6) is 0.372. The van der Waals surface area contributed by atoms with Crippen molar-refractivity contribution in [2.75, 3.05) is 19.7 Å². The first-order valence-electron chi connectivity index (χ1n) is 7.46. The SMILES string of the molecule is CC(C)(C)OC=O.CCOC(=O)c1ccc(C2CNC2)cc1. The van der Waals surface area contributed by atoms with E-state index in [0.29, 0.717) is 24.6 Å². The van der Waals surface area contributed by atoms with Crippen LogP contribution in [0.2, 0.25) is 0 Å². The third-order valence-electron chi connectivity index (χ3n) is 3.08. The summed E-state index contributed by atoms with van der Waals surface area (Å²) in [5.41, 5.74) is 1.61. The Balaban J connectivity index is 0.000000295. The first-order chi connectivity index (χ1) is 10.4. The summed E-state index contributed by atoms with van der Waals surface area (Å²) in [5, 5.41) is 3.23. The van der Waals surface area contributed by atoms with Gasteiger partial charge in [-0.15, -0.1) is 0 Å². The molecule has 1 fully saturated rings. The van der Waals surface area contributed by atoms with Gasteiger partial charge in [-0.2, -0.15) is 0 Å². The van der Waals surface area contributed by atoms with Crippen LogP contribution < -0.4 is 5.32 Å². The molecule has 5 heteroatoms. The van der Waals surface area contributed by atoms with E-state index in [2.05, 4.69) is 10.1 Å². The van der Waals surface area contributed by atoms with E-state index in [1.54, 1.807) is 0 Å². The zero-order valence-electron chi connectivity index (χ0n) is 13.7. The topological polar surface area (TPSA) is 64.6 Å². The Morgan fingerprint density at radius 3 is 2.18 bits per heavy atom. The minimum Gasteiger partial charge on any atom is -0.462 e. The van der Waals surface area contributed by atoms with Crippen LogP contribution >= 0.6 is 0 Å². The number of nitrogens with one attached hydrogen (secondary N) is 1. The maximum Gasteiger partial charge on any atom is 0.338 e. The fraction of sp³-hybridized carbons (Fsp3) is 0.529. The number of rotatable bonds is 4. The number of carbonyl (C=O) groups excluding carboxylic acids is 2. The molecule has 0 unspecified atom stereocenters. The van der Waals surface area contributed by atoms with Crippen molar-refractivity contribution in [1.82, 2.24) is 5.32 Å². The molecule has 5 nitrogen and oxygen atoms in total. The molecule has 2 rings (SSSR count). The molecule has 1 aromatic rings. The van der Waals surface area contributed by atoms with Crippen LogP contribution in [0.5, 0.6) is 0 Å². The van der Waals surface area contributed by atoms with Gasteiger partial charge in [-0.25, -0.2) is 4.79 Å². The van der Waals surface area contributed by atoms with Crippen molar-refractivity contribution in [3.8, 4) is 0 Å². The van der Waals surface area contributed by atoms with Crippen molar-refractivity contribution in [2.45, 2.75) is 39.2 Å². The Kier molecular flexibility index (Phi) is 7.05. The van der Waals surface area contributed by atoms with Crippen LogP contribution in [0.1, 0.15) is 49.5 Å². The van der Waals surface area contributed by atoms with Gasteiger partial charge in [-0.3, -0.25) is 4.79 Å². The van der Waals surface area contributed by atoms with E-state index in [-0.39, 0.29) is 11.6 Å². The summed E-state index contributed by atoms with van der Waals surface area (Å²) < 4.78 is 9.47. The molecule has 0 aromatic heterocycles. The summed E-state index contributed by atoms with van der Waals surface area (Å²) in [6, 6.07) is 7.70. The predicted octanol–water partition coefficient (Wildman–Crippen LogP) is 2.51. The van der Waals surface area contributed by atoms with Gasteiger partial charge in [-0.05, 0) is 45.4 Å². The Hall–Kier alpha value is -1.88. The highest BCUT2D eigenvalue weighted by Gasteiger charge is 2.18. The van der Waals surface area contributed by atoms with Gasteiger partial charge in [0.15, 0.2) is 0 Å². The van der Waals surface area contributed by atoms with Crippen LogP contribution in [-0.2, 0) is 14.3 Å². The summed E-state index contributed by atoms with van der Waals surface area (Å²) >= 11 is 0. The number of benzene rings is 1. The summed E-state index contributed by atoms with van der Waals surface area (Å²) in [4.78, 5) is 21.0. The molecule has 0 atom stereocenters. The molecule has 1 aliphatic rings. The molecule has 1 N–H and O–H groups in total. The third-order valence-corrected chi connectivity index (χ3v) is 3.08. The number of hydrogen-bond acceptors (Lipinski definition) is 5. The summed E-state index contributed by atoms with van der Waals surface area (Å²) in [7, 11) is 0. The van der Waals surface area contributed by atoms with Gasteiger partial charge in [0, 0.05) is 19.0 Å². The molecular weight excluding hydrogens is 282 g/mol. The second kappa shape index (κ2) is 8.54. The van der Waals surface area contributed by atoms with Crippen molar-refractivity contribution in [3.05, 3.63) is 35.4 Å². The molecule has 1 aliphatic heterocycles. The zero-order chi connectivity index (χ0) is 16.6. The fourth-order valence-electron chi connectivity index (χ4n) is 1.77. The van der Waals surface area contributed by atoms with Gasteiger partial charge in [0.2, 0.25) is 0 Å². The van der Waals surface area contributed by atoms with E-state index in [4.69, 9.17) is 4.74 Å². The minimum atomic E-state index is -0.318. The fourth-order valence-corrected chi connectivity index (χ4v) is 1.77. The van der Waals surface area contributed by atoms with Crippen molar-refractivity contribution in [1.29, 1.82) is 0 Å². The lowest BCUT2D eigenvalue weighted by Crippen LogP contribution is -2.39. The zero-order valence-corrected chi connectivity index (χ0v) is 13.7. The largest absolute Gasteiger partial charge is 0.462 e. The molecular formula is C17H25NO4. The van der Waals surface area contributed by atoms with Crippen LogP contribution in [0.25, 0.3) is 0 Å². The highest BCUT2D eigenvalue weighted by atomic mass is 16.5. The first kappa shape index (κ1) is 18.2. The molecule has 0 radical (unpaired) electrons. The van der Waals surface area contributed by atoms with Crippen LogP contribution in [-0.4, -0.2) is 37.7 Å². The lowest BCUT2D eigenvalue weighted by molar-refractivity contribution is -0.138. The molecule has 1 saturated heterocycles. The number of hydrogen-bond donors (Lipinski definition) is 1. The lowest BCUT2D eigenvalue weighted by Gasteiger charge is -2.27. The maximum absolute atomic E-state index is 11.4. The Labute approximate surface area is 132 Å². The van der Waals surface area contributed by atoms with Crippen LogP contribution in [0, 0.1) is 0 Å². The van der Waals surface area contributed by atoms with Crippen molar-refractivity contribution in [2.24, 2.45) is 0 Å². The molecule has 0 amide bonds. The quantitative estimate of drug-likeness (QED) is 0.684. The normalized spacial score (nSPS) is 14.2. The van der Waals surface area contributed by atoms with Gasteiger partial charge in [-0.1, -0.05) is 12.1 Å². The molecule has 1 heterocycles. The van der Waals surface area contributed by atoms with Crippen molar-refractivity contribution < 1.29 is 19.1 Å². The summed E-state index contributed by atoms with van der Waals surface area (Å²) in [6.07, 6.45) is 0. The Bertz CT molecular complexity index is 472. The van der Waals surface area contributed by atoms with E-state index in [9.17, 15) is 9.59 Å². The number of ether oxygens (including phenoxy) is 2. The smallest absolute Gasteiger partial charge is 0.338 e. The van der Waals surface area contributed by atoms with E-state index >= 15 is 0 Å². The number of esters is 1. The third kappa shape index (κ3) is 6.26. The second-order valence-corrected chi connectivity index (χ2v) is 6.02.